The number of hydrogen-bond acceptors (Lipinski definition) is 2. The average Bonchev–Trinajstić information content (AvgIpc) is 2.62. The Labute approximate surface area is 138 Å². The summed E-state index contributed by atoms with van der Waals surface area (Å²) in [5, 5.41) is 0. The predicted octanol–water partition coefficient (Wildman–Crippen LogP) is 4.37. The van der Waals surface area contributed by atoms with Gasteiger partial charge in [0.1, 0.15) is 5.75 Å². The molecule has 1 aliphatic carbocycles. The highest BCUT2D eigenvalue weighted by molar-refractivity contribution is 5.40. The summed E-state index contributed by atoms with van der Waals surface area (Å²) in [7, 11) is 1.75. The number of hydrogen-bond donors (Lipinski definition) is 0. The lowest BCUT2D eigenvalue weighted by atomic mass is 9.69. The van der Waals surface area contributed by atoms with Crippen LogP contribution in [-0.4, -0.2) is 19.8 Å². The van der Waals surface area contributed by atoms with Crippen molar-refractivity contribution in [3.8, 4) is 5.75 Å². The Morgan fingerprint density at radius 3 is 2.78 bits per heavy atom. The summed E-state index contributed by atoms with van der Waals surface area (Å²) in [4.78, 5) is 0. The summed E-state index contributed by atoms with van der Waals surface area (Å²) in [6.07, 6.45) is 4.90. The van der Waals surface area contributed by atoms with Crippen LogP contribution in [0.25, 0.3) is 0 Å². The van der Waals surface area contributed by atoms with Crippen LogP contribution < -0.4 is 4.74 Å². The quantitative estimate of drug-likeness (QED) is 0.838. The van der Waals surface area contributed by atoms with Gasteiger partial charge in [-0.2, -0.15) is 0 Å². The van der Waals surface area contributed by atoms with Crippen LogP contribution >= 0.6 is 0 Å². The largest absolute Gasteiger partial charge is 0.497 e. The molecule has 1 fully saturated rings. The van der Waals surface area contributed by atoms with E-state index in [2.05, 4.69) is 48.5 Å². The maximum absolute atomic E-state index is 6.19. The lowest BCUT2D eigenvalue weighted by Crippen LogP contribution is -2.39. The number of methoxy groups -OCH3 is 1. The first-order valence-corrected chi connectivity index (χ1v) is 8.67. The summed E-state index contributed by atoms with van der Waals surface area (Å²) >= 11 is 0. The molecule has 0 N–H and O–H groups in total. The number of aryl methyl sites for hydroxylation is 1. The van der Waals surface area contributed by atoms with Gasteiger partial charge in [0.2, 0.25) is 0 Å². The summed E-state index contributed by atoms with van der Waals surface area (Å²) in [6.45, 7) is 0.879. The molecule has 3 atom stereocenters. The second-order valence-electron chi connectivity index (χ2n) is 6.76. The molecular weight excluding hydrogens is 284 g/mol. The van der Waals surface area contributed by atoms with Gasteiger partial charge in [-0.3, -0.25) is 0 Å². The van der Waals surface area contributed by atoms with Crippen molar-refractivity contribution in [1.82, 2.24) is 0 Å². The molecule has 0 spiro atoms. The Kier molecular flexibility index (Phi) is 4.09. The van der Waals surface area contributed by atoms with E-state index >= 15 is 0 Å². The standard InChI is InChI=1S/C21H24O2/c1-22-17-8-10-18-16(14-17)7-9-20-19(18)11-12-23-21(20)13-15-5-3-2-4-6-15/h2-6,8,10,14,19-21H,7,9,11-13H2,1H3/t19-,20-,21+/m0/s1. The third-order valence-corrected chi connectivity index (χ3v) is 5.53. The molecule has 0 bridgehead atoms. The minimum Gasteiger partial charge on any atom is -0.497 e. The molecule has 1 heterocycles. The van der Waals surface area contributed by atoms with Gasteiger partial charge in [0.05, 0.1) is 13.2 Å². The fourth-order valence-corrected chi connectivity index (χ4v) is 4.38. The van der Waals surface area contributed by atoms with E-state index < -0.39 is 0 Å². The molecule has 0 aromatic heterocycles. The summed E-state index contributed by atoms with van der Waals surface area (Å²) in [5.41, 5.74) is 4.40. The Morgan fingerprint density at radius 2 is 1.96 bits per heavy atom. The molecule has 0 radical (unpaired) electrons. The van der Waals surface area contributed by atoms with E-state index in [9.17, 15) is 0 Å². The van der Waals surface area contributed by atoms with Crippen molar-refractivity contribution in [1.29, 1.82) is 0 Å². The van der Waals surface area contributed by atoms with E-state index in [1.54, 1.807) is 7.11 Å². The van der Waals surface area contributed by atoms with Crippen LogP contribution in [0, 0.1) is 5.92 Å². The molecule has 23 heavy (non-hydrogen) atoms. The van der Waals surface area contributed by atoms with E-state index in [4.69, 9.17) is 9.47 Å². The van der Waals surface area contributed by atoms with Crippen molar-refractivity contribution >= 4 is 0 Å². The third-order valence-electron chi connectivity index (χ3n) is 5.53. The van der Waals surface area contributed by atoms with Crippen LogP contribution in [0.15, 0.2) is 48.5 Å². The van der Waals surface area contributed by atoms with Crippen molar-refractivity contribution in [2.75, 3.05) is 13.7 Å². The highest BCUT2D eigenvalue weighted by Gasteiger charge is 2.38. The molecule has 2 aromatic rings. The highest BCUT2D eigenvalue weighted by atomic mass is 16.5. The van der Waals surface area contributed by atoms with Crippen molar-refractivity contribution < 1.29 is 9.47 Å². The molecule has 4 rings (SSSR count). The number of ether oxygens (including phenoxy) is 2. The van der Waals surface area contributed by atoms with Gasteiger partial charge in [-0.15, -0.1) is 0 Å². The molecule has 0 amide bonds. The first-order valence-electron chi connectivity index (χ1n) is 8.67. The van der Waals surface area contributed by atoms with Crippen molar-refractivity contribution in [2.45, 2.75) is 37.7 Å². The van der Waals surface area contributed by atoms with E-state index in [0.29, 0.717) is 17.9 Å². The van der Waals surface area contributed by atoms with Crippen LogP contribution in [0.3, 0.4) is 0 Å². The minimum absolute atomic E-state index is 0.353. The second kappa shape index (κ2) is 6.37. The van der Waals surface area contributed by atoms with Gasteiger partial charge in [-0.25, -0.2) is 0 Å². The lowest BCUT2D eigenvalue weighted by Gasteiger charge is -2.42. The van der Waals surface area contributed by atoms with Gasteiger partial charge in [-0.05, 0) is 66.3 Å². The topological polar surface area (TPSA) is 18.5 Å². The predicted molar refractivity (Wildman–Crippen MR) is 92.0 cm³/mol. The maximum atomic E-state index is 6.19. The van der Waals surface area contributed by atoms with Crippen LogP contribution in [0.5, 0.6) is 5.75 Å². The zero-order valence-electron chi connectivity index (χ0n) is 13.7. The van der Waals surface area contributed by atoms with Gasteiger partial charge in [0, 0.05) is 6.61 Å². The van der Waals surface area contributed by atoms with Gasteiger partial charge in [-0.1, -0.05) is 36.4 Å². The Morgan fingerprint density at radius 1 is 1.09 bits per heavy atom. The molecule has 0 unspecified atom stereocenters. The second-order valence-corrected chi connectivity index (χ2v) is 6.76. The fourth-order valence-electron chi connectivity index (χ4n) is 4.38. The van der Waals surface area contributed by atoms with Crippen LogP contribution in [0.1, 0.15) is 35.4 Å². The molecule has 1 saturated heterocycles. The number of fused-ring (bicyclic) bond motifs is 3. The Hall–Kier alpha value is -1.80. The molecule has 2 nitrogen and oxygen atoms in total. The number of rotatable bonds is 3. The first kappa shape index (κ1) is 14.8. The van der Waals surface area contributed by atoms with Crippen LogP contribution in [-0.2, 0) is 17.6 Å². The Bertz CT molecular complexity index is 665. The molecule has 1 aliphatic heterocycles. The average molecular weight is 308 g/mol. The van der Waals surface area contributed by atoms with Crippen molar-refractivity contribution in [3.05, 3.63) is 65.2 Å². The van der Waals surface area contributed by atoms with Crippen LogP contribution in [0.4, 0.5) is 0 Å². The Balaban J connectivity index is 1.58. The van der Waals surface area contributed by atoms with Gasteiger partial charge >= 0.3 is 0 Å². The molecule has 2 aliphatic rings. The summed E-state index contributed by atoms with van der Waals surface area (Å²) in [5.74, 6) is 2.27. The molecule has 0 saturated carbocycles. The SMILES string of the molecule is COc1ccc2c(c1)CC[C@@H]1[C@@H](Cc3ccccc3)OCC[C@@H]21. The zero-order valence-corrected chi connectivity index (χ0v) is 13.7. The van der Waals surface area contributed by atoms with E-state index in [1.807, 2.05) is 0 Å². The molecule has 120 valence electrons. The van der Waals surface area contributed by atoms with E-state index in [-0.39, 0.29) is 0 Å². The number of benzene rings is 2. The summed E-state index contributed by atoms with van der Waals surface area (Å²) < 4.78 is 11.6. The maximum Gasteiger partial charge on any atom is 0.119 e. The highest BCUT2D eigenvalue weighted by Crippen LogP contribution is 2.45. The fraction of sp³-hybridized carbons (Fsp3) is 0.429. The van der Waals surface area contributed by atoms with E-state index in [1.165, 1.54) is 23.1 Å². The first-order chi connectivity index (χ1) is 11.3. The molecule has 2 heteroatoms. The van der Waals surface area contributed by atoms with Crippen molar-refractivity contribution in [2.24, 2.45) is 5.92 Å². The van der Waals surface area contributed by atoms with E-state index in [0.717, 1.165) is 31.6 Å². The molecular formula is C21H24O2. The zero-order chi connectivity index (χ0) is 15.6. The van der Waals surface area contributed by atoms with Crippen LogP contribution in [0.2, 0.25) is 0 Å². The smallest absolute Gasteiger partial charge is 0.119 e. The minimum atomic E-state index is 0.353. The third kappa shape index (κ3) is 2.88. The molecule has 2 aromatic carbocycles. The van der Waals surface area contributed by atoms with Gasteiger partial charge in [0.15, 0.2) is 0 Å². The van der Waals surface area contributed by atoms with Crippen molar-refractivity contribution in [3.63, 3.8) is 0 Å². The lowest BCUT2D eigenvalue weighted by molar-refractivity contribution is -0.0429. The van der Waals surface area contributed by atoms with Gasteiger partial charge in [0.25, 0.3) is 0 Å². The monoisotopic (exact) mass is 308 g/mol. The normalized spacial score (nSPS) is 26.2. The van der Waals surface area contributed by atoms with Gasteiger partial charge < -0.3 is 9.47 Å². The summed E-state index contributed by atoms with van der Waals surface area (Å²) in [6, 6.07) is 17.4.